The van der Waals surface area contributed by atoms with Crippen LogP contribution < -0.4 is 0 Å². The zero-order chi connectivity index (χ0) is 22.6. The molecule has 0 radical (unpaired) electrons. The standard InChI is InChI=1S/C22H22O8/c1-11-10-16(20(25)26)18(22(29)30)14(12(11)2)8-4-3-6-13-7-5-9-15(19(23)24)17(13)21(27)28/h5,7,9-10H,3-4,6,8H2,1-2H3,(H,23,24)(H,25,26)(H,27,28)(H,29,30). The Morgan fingerprint density at radius 2 is 1.30 bits per heavy atom. The van der Waals surface area contributed by atoms with Crippen LogP contribution >= 0.6 is 0 Å². The number of benzene rings is 2. The van der Waals surface area contributed by atoms with E-state index < -0.39 is 23.9 Å². The molecular formula is C22H22O8. The molecule has 0 atom stereocenters. The molecule has 0 unspecified atom stereocenters. The van der Waals surface area contributed by atoms with Crippen molar-refractivity contribution in [1.29, 1.82) is 0 Å². The van der Waals surface area contributed by atoms with Gasteiger partial charge in [-0.1, -0.05) is 12.1 Å². The highest BCUT2D eigenvalue weighted by atomic mass is 16.4. The predicted octanol–water partition coefficient (Wildman–Crippen LogP) is 3.66. The summed E-state index contributed by atoms with van der Waals surface area (Å²) in [6.45, 7) is 3.45. The summed E-state index contributed by atoms with van der Waals surface area (Å²) in [6, 6.07) is 5.62. The number of rotatable bonds is 9. The average Bonchev–Trinajstić information content (AvgIpc) is 2.66. The fourth-order valence-corrected chi connectivity index (χ4v) is 3.57. The molecule has 0 aliphatic heterocycles. The monoisotopic (exact) mass is 414 g/mol. The lowest BCUT2D eigenvalue weighted by Crippen LogP contribution is -2.14. The van der Waals surface area contributed by atoms with E-state index in [9.17, 15) is 39.6 Å². The molecule has 2 aromatic carbocycles. The summed E-state index contributed by atoms with van der Waals surface area (Å²) in [5.74, 6) is -5.27. The molecule has 0 aliphatic carbocycles. The lowest BCUT2D eigenvalue weighted by Gasteiger charge is -2.15. The first-order valence-electron chi connectivity index (χ1n) is 9.24. The molecule has 0 spiro atoms. The van der Waals surface area contributed by atoms with Gasteiger partial charge < -0.3 is 20.4 Å². The topological polar surface area (TPSA) is 149 Å². The maximum Gasteiger partial charge on any atom is 0.336 e. The van der Waals surface area contributed by atoms with Gasteiger partial charge in [-0.05, 0) is 73.9 Å². The number of carboxylic acids is 4. The highest BCUT2D eigenvalue weighted by Crippen LogP contribution is 2.26. The molecule has 0 fully saturated rings. The van der Waals surface area contributed by atoms with Gasteiger partial charge in [0.05, 0.1) is 22.3 Å². The first kappa shape index (κ1) is 22.6. The Labute approximate surface area is 172 Å². The second-order valence-electron chi connectivity index (χ2n) is 6.99. The fourth-order valence-electron chi connectivity index (χ4n) is 3.57. The molecule has 0 amide bonds. The average molecular weight is 414 g/mol. The third-order valence-corrected chi connectivity index (χ3v) is 5.14. The van der Waals surface area contributed by atoms with Crippen molar-refractivity contribution in [3.05, 3.63) is 68.8 Å². The Morgan fingerprint density at radius 1 is 0.733 bits per heavy atom. The van der Waals surface area contributed by atoms with E-state index in [4.69, 9.17) is 0 Å². The number of hydrogen-bond donors (Lipinski definition) is 4. The predicted molar refractivity (Wildman–Crippen MR) is 107 cm³/mol. The van der Waals surface area contributed by atoms with Crippen LogP contribution in [0.2, 0.25) is 0 Å². The normalized spacial score (nSPS) is 10.6. The van der Waals surface area contributed by atoms with Crippen LogP contribution in [0.5, 0.6) is 0 Å². The van der Waals surface area contributed by atoms with Gasteiger partial charge in [0.15, 0.2) is 0 Å². The molecule has 0 saturated heterocycles. The second kappa shape index (κ2) is 9.21. The van der Waals surface area contributed by atoms with Crippen molar-refractivity contribution < 1.29 is 39.6 Å². The third-order valence-electron chi connectivity index (χ3n) is 5.14. The van der Waals surface area contributed by atoms with Crippen LogP contribution in [0.15, 0.2) is 24.3 Å². The zero-order valence-electron chi connectivity index (χ0n) is 16.6. The maximum atomic E-state index is 11.7. The Bertz CT molecular complexity index is 1040. The van der Waals surface area contributed by atoms with Crippen molar-refractivity contribution in [3.63, 3.8) is 0 Å². The molecule has 8 heteroatoms. The van der Waals surface area contributed by atoms with Crippen LogP contribution in [0.25, 0.3) is 0 Å². The molecule has 2 aromatic rings. The van der Waals surface area contributed by atoms with E-state index >= 15 is 0 Å². The molecular weight excluding hydrogens is 392 g/mol. The van der Waals surface area contributed by atoms with Gasteiger partial charge in [-0.2, -0.15) is 0 Å². The minimum Gasteiger partial charge on any atom is -0.478 e. The first-order valence-corrected chi connectivity index (χ1v) is 9.24. The van der Waals surface area contributed by atoms with Crippen molar-refractivity contribution in [2.24, 2.45) is 0 Å². The second-order valence-corrected chi connectivity index (χ2v) is 6.99. The number of aryl methyl sites for hydroxylation is 2. The van der Waals surface area contributed by atoms with E-state index in [0.717, 1.165) is 0 Å². The quantitative estimate of drug-likeness (QED) is 0.454. The fraction of sp³-hybridized carbons (Fsp3) is 0.273. The van der Waals surface area contributed by atoms with Gasteiger partial charge in [-0.3, -0.25) is 0 Å². The van der Waals surface area contributed by atoms with Gasteiger partial charge in [-0.25, -0.2) is 19.2 Å². The Morgan fingerprint density at radius 3 is 1.83 bits per heavy atom. The Hall–Kier alpha value is -3.68. The summed E-state index contributed by atoms with van der Waals surface area (Å²) in [5.41, 5.74) is 1.18. The van der Waals surface area contributed by atoms with Crippen molar-refractivity contribution in [3.8, 4) is 0 Å². The van der Waals surface area contributed by atoms with Crippen molar-refractivity contribution >= 4 is 23.9 Å². The van der Waals surface area contributed by atoms with Crippen LogP contribution in [-0.4, -0.2) is 44.3 Å². The zero-order valence-corrected chi connectivity index (χ0v) is 16.6. The van der Waals surface area contributed by atoms with E-state index in [-0.39, 0.29) is 22.3 Å². The molecule has 158 valence electrons. The van der Waals surface area contributed by atoms with Crippen molar-refractivity contribution in [2.45, 2.75) is 39.5 Å². The van der Waals surface area contributed by atoms with Gasteiger partial charge in [0.2, 0.25) is 0 Å². The minimum absolute atomic E-state index is 0.232. The number of aromatic carboxylic acids is 4. The summed E-state index contributed by atoms with van der Waals surface area (Å²) < 4.78 is 0. The summed E-state index contributed by atoms with van der Waals surface area (Å²) in [4.78, 5) is 46.0. The third kappa shape index (κ3) is 4.65. The summed E-state index contributed by atoms with van der Waals surface area (Å²) in [5, 5.41) is 37.5. The molecule has 0 saturated carbocycles. The van der Waals surface area contributed by atoms with Gasteiger partial charge in [0.1, 0.15) is 0 Å². The Balaban J connectivity index is 2.26. The molecule has 4 N–H and O–H groups in total. The number of hydrogen-bond acceptors (Lipinski definition) is 4. The largest absolute Gasteiger partial charge is 0.478 e. The van der Waals surface area contributed by atoms with Gasteiger partial charge in [-0.15, -0.1) is 0 Å². The number of unbranched alkanes of at least 4 members (excludes halogenated alkanes) is 1. The van der Waals surface area contributed by atoms with Crippen molar-refractivity contribution in [1.82, 2.24) is 0 Å². The molecule has 0 aliphatic rings. The number of carboxylic acid groups (broad SMARTS) is 4. The summed E-state index contributed by atoms with van der Waals surface area (Å²) in [7, 11) is 0. The minimum atomic E-state index is -1.32. The van der Waals surface area contributed by atoms with E-state index in [2.05, 4.69) is 0 Å². The van der Waals surface area contributed by atoms with E-state index in [1.54, 1.807) is 19.9 Å². The summed E-state index contributed by atoms with van der Waals surface area (Å²) in [6.07, 6.45) is 1.54. The van der Waals surface area contributed by atoms with E-state index in [1.165, 1.54) is 18.2 Å². The van der Waals surface area contributed by atoms with Crippen LogP contribution in [-0.2, 0) is 12.8 Å². The van der Waals surface area contributed by atoms with E-state index in [0.29, 0.717) is 47.9 Å². The van der Waals surface area contributed by atoms with Crippen LogP contribution in [0.1, 0.15) is 76.5 Å². The van der Waals surface area contributed by atoms with Crippen LogP contribution in [0.3, 0.4) is 0 Å². The van der Waals surface area contributed by atoms with Gasteiger partial charge >= 0.3 is 23.9 Å². The molecule has 0 bridgehead atoms. The maximum absolute atomic E-state index is 11.7. The lowest BCUT2D eigenvalue weighted by molar-refractivity contribution is 0.0650. The van der Waals surface area contributed by atoms with Gasteiger partial charge in [0.25, 0.3) is 0 Å². The first-order chi connectivity index (χ1) is 14.1. The highest BCUT2D eigenvalue weighted by molar-refractivity contribution is 6.03. The molecule has 30 heavy (non-hydrogen) atoms. The smallest absolute Gasteiger partial charge is 0.336 e. The molecule has 8 nitrogen and oxygen atoms in total. The molecule has 2 rings (SSSR count). The van der Waals surface area contributed by atoms with Crippen LogP contribution in [0.4, 0.5) is 0 Å². The SMILES string of the molecule is Cc1cc(C(=O)O)c(C(=O)O)c(CCCCc2cccc(C(=O)O)c2C(=O)O)c1C. The van der Waals surface area contributed by atoms with Crippen LogP contribution in [0, 0.1) is 13.8 Å². The van der Waals surface area contributed by atoms with E-state index in [1.807, 2.05) is 0 Å². The highest BCUT2D eigenvalue weighted by Gasteiger charge is 2.23. The molecule has 0 aromatic heterocycles. The molecule has 0 heterocycles. The Kier molecular flexibility index (Phi) is 6.94. The number of carbonyl (C=O) groups is 4. The van der Waals surface area contributed by atoms with Crippen molar-refractivity contribution in [2.75, 3.05) is 0 Å². The van der Waals surface area contributed by atoms with Gasteiger partial charge in [0, 0.05) is 0 Å². The lowest BCUT2D eigenvalue weighted by atomic mass is 9.89. The summed E-state index contributed by atoms with van der Waals surface area (Å²) >= 11 is 0.